The van der Waals surface area contributed by atoms with Gasteiger partial charge in [0.15, 0.2) is 0 Å². The standard InChI is InChI=1S/C27H26ClN5O3S/c1-36-24-16-20(27(34)33-14-12-32(13-15-33)18-21-9-11-29-17-22(21)28)7-8-23(24)31-37(35)25-6-2-4-19-5-3-10-30-26(19)25/h2-11,16-17,31H,12-15,18H2,1H3. The molecular weight excluding hydrogens is 510 g/mol. The third-order valence-corrected chi connectivity index (χ3v) is 7.83. The number of hydrogen-bond acceptors (Lipinski definition) is 7. The molecule has 8 nitrogen and oxygen atoms in total. The number of hydrogen-bond donors (Lipinski definition) is 1. The van der Waals surface area contributed by atoms with Gasteiger partial charge in [0.05, 0.1) is 12.1 Å². The van der Waals surface area contributed by atoms with Crippen molar-refractivity contribution in [1.82, 2.24) is 19.8 Å². The van der Waals surface area contributed by atoms with Crippen molar-refractivity contribution in [3.63, 3.8) is 0 Å². The fraction of sp³-hybridized carbons (Fsp3) is 0.222. The summed E-state index contributed by atoms with van der Waals surface area (Å²) in [5, 5.41) is 1.56. The maximum Gasteiger partial charge on any atom is 0.254 e. The Labute approximate surface area is 223 Å². The van der Waals surface area contributed by atoms with E-state index < -0.39 is 11.4 Å². The molecule has 190 valence electrons. The van der Waals surface area contributed by atoms with Crippen molar-refractivity contribution < 1.29 is 14.1 Å². The summed E-state index contributed by atoms with van der Waals surface area (Å²) < 4.78 is 21.7. The molecule has 1 fully saturated rings. The molecule has 0 spiro atoms. The first kappa shape index (κ1) is 25.3. The average molecular weight is 536 g/mol. The summed E-state index contributed by atoms with van der Waals surface area (Å²) in [6.07, 6.45) is 5.07. The SMILES string of the molecule is COc1cc(C(=O)N2CCN(Cc3ccncc3Cl)CC2)ccc1N[S+]([O-])c1cccc2cccnc12. The van der Waals surface area contributed by atoms with Crippen LogP contribution in [-0.2, 0) is 17.9 Å². The Morgan fingerprint density at radius 3 is 2.70 bits per heavy atom. The van der Waals surface area contributed by atoms with E-state index in [9.17, 15) is 9.35 Å². The molecule has 1 atom stereocenters. The number of nitrogens with one attached hydrogen (secondary N) is 1. The van der Waals surface area contributed by atoms with Crippen LogP contribution in [0.15, 0.2) is 78.1 Å². The molecule has 10 heteroatoms. The van der Waals surface area contributed by atoms with Crippen LogP contribution in [0, 0.1) is 0 Å². The lowest BCUT2D eigenvalue weighted by Gasteiger charge is -2.35. The van der Waals surface area contributed by atoms with E-state index in [0.29, 0.717) is 45.5 Å². The Morgan fingerprint density at radius 2 is 1.92 bits per heavy atom. The number of carbonyl (C=O) groups is 1. The third kappa shape index (κ3) is 5.65. The molecule has 0 aliphatic carbocycles. The van der Waals surface area contributed by atoms with Crippen molar-refractivity contribution in [3.05, 3.63) is 89.3 Å². The normalized spacial score (nSPS) is 14.9. The van der Waals surface area contributed by atoms with Crippen molar-refractivity contribution in [1.29, 1.82) is 0 Å². The Hall–Kier alpha value is -3.37. The molecule has 37 heavy (non-hydrogen) atoms. The smallest absolute Gasteiger partial charge is 0.254 e. The number of aromatic nitrogens is 2. The number of benzene rings is 2. The first-order chi connectivity index (χ1) is 18.0. The van der Waals surface area contributed by atoms with Crippen LogP contribution >= 0.6 is 11.6 Å². The molecule has 4 aromatic rings. The van der Waals surface area contributed by atoms with Crippen LogP contribution < -0.4 is 9.46 Å². The number of amides is 1. The molecule has 2 aromatic heterocycles. The molecule has 0 saturated carbocycles. The van der Waals surface area contributed by atoms with Crippen LogP contribution in [0.1, 0.15) is 15.9 Å². The van der Waals surface area contributed by atoms with Gasteiger partial charge in [-0.1, -0.05) is 29.8 Å². The summed E-state index contributed by atoms with van der Waals surface area (Å²) >= 11 is 4.67. The van der Waals surface area contributed by atoms with E-state index in [0.717, 1.165) is 30.6 Å². The fourth-order valence-corrected chi connectivity index (χ4v) is 5.56. The summed E-state index contributed by atoms with van der Waals surface area (Å²) in [5.74, 6) is 0.379. The molecule has 1 aliphatic rings. The van der Waals surface area contributed by atoms with Crippen molar-refractivity contribution >= 4 is 45.5 Å². The van der Waals surface area contributed by atoms with E-state index >= 15 is 0 Å². The zero-order valence-corrected chi connectivity index (χ0v) is 21.8. The van der Waals surface area contributed by atoms with Crippen molar-refractivity contribution in [2.45, 2.75) is 11.4 Å². The summed E-state index contributed by atoms with van der Waals surface area (Å²) in [5.41, 5.74) is 2.75. The van der Waals surface area contributed by atoms with Gasteiger partial charge in [0.1, 0.15) is 28.3 Å². The number of piperazine rings is 1. The van der Waals surface area contributed by atoms with Gasteiger partial charge in [-0.05, 0) is 42.0 Å². The second-order valence-corrected chi connectivity index (χ2v) is 10.2. The van der Waals surface area contributed by atoms with E-state index in [1.165, 1.54) is 7.11 Å². The number of anilines is 1. The van der Waals surface area contributed by atoms with Gasteiger partial charge in [0, 0.05) is 62.3 Å². The summed E-state index contributed by atoms with van der Waals surface area (Å²) in [6, 6.07) is 16.4. The van der Waals surface area contributed by atoms with Crippen LogP contribution in [0.3, 0.4) is 0 Å². The van der Waals surface area contributed by atoms with Gasteiger partial charge >= 0.3 is 0 Å². The lowest BCUT2D eigenvalue weighted by molar-refractivity contribution is 0.0628. The molecular formula is C27H26ClN5O3S. The number of nitrogens with zero attached hydrogens (tertiary/aromatic N) is 4. The second kappa shape index (κ2) is 11.4. The van der Waals surface area contributed by atoms with Crippen LogP contribution in [0.2, 0.25) is 5.02 Å². The molecule has 1 aliphatic heterocycles. The molecule has 1 unspecified atom stereocenters. The minimum atomic E-state index is -1.57. The van der Waals surface area contributed by atoms with Crippen LogP contribution in [0.4, 0.5) is 5.69 Å². The fourth-order valence-electron chi connectivity index (χ4n) is 4.35. The van der Waals surface area contributed by atoms with Gasteiger partial charge in [0.2, 0.25) is 4.90 Å². The largest absolute Gasteiger partial charge is 0.588 e. The minimum Gasteiger partial charge on any atom is -0.588 e. The highest BCUT2D eigenvalue weighted by atomic mass is 35.5. The highest BCUT2D eigenvalue weighted by molar-refractivity contribution is 7.93. The zero-order valence-electron chi connectivity index (χ0n) is 20.3. The second-order valence-electron chi connectivity index (χ2n) is 8.65. The molecule has 1 saturated heterocycles. The van der Waals surface area contributed by atoms with Gasteiger partial charge in [0.25, 0.3) is 5.91 Å². The lowest BCUT2D eigenvalue weighted by atomic mass is 10.1. The Kier molecular flexibility index (Phi) is 7.76. The van der Waals surface area contributed by atoms with Gasteiger partial charge < -0.3 is 14.2 Å². The number of pyridine rings is 2. The number of halogens is 1. The van der Waals surface area contributed by atoms with Crippen LogP contribution in [-0.4, -0.2) is 63.5 Å². The van der Waals surface area contributed by atoms with Gasteiger partial charge in [-0.2, -0.15) is 4.72 Å². The summed E-state index contributed by atoms with van der Waals surface area (Å²) in [7, 11) is 1.53. The molecule has 0 radical (unpaired) electrons. The maximum absolute atomic E-state index is 13.2. The summed E-state index contributed by atoms with van der Waals surface area (Å²) in [4.78, 5) is 26.3. The lowest BCUT2D eigenvalue weighted by Crippen LogP contribution is -2.48. The van der Waals surface area contributed by atoms with E-state index in [4.69, 9.17) is 16.3 Å². The van der Waals surface area contributed by atoms with Gasteiger partial charge in [-0.3, -0.25) is 19.7 Å². The van der Waals surface area contributed by atoms with Crippen molar-refractivity contribution in [2.75, 3.05) is 38.0 Å². The summed E-state index contributed by atoms with van der Waals surface area (Å²) in [6.45, 7) is 3.45. The third-order valence-electron chi connectivity index (χ3n) is 6.36. The molecule has 0 bridgehead atoms. The first-order valence-electron chi connectivity index (χ1n) is 11.8. The quantitative estimate of drug-likeness (QED) is 0.351. The first-order valence-corrected chi connectivity index (χ1v) is 13.4. The van der Waals surface area contributed by atoms with Crippen LogP contribution in [0.5, 0.6) is 5.75 Å². The number of methoxy groups -OCH3 is 1. The van der Waals surface area contributed by atoms with E-state index in [1.807, 2.05) is 35.2 Å². The predicted molar refractivity (Wildman–Crippen MR) is 145 cm³/mol. The topological polar surface area (TPSA) is 93.7 Å². The number of ether oxygens (including phenoxy) is 1. The number of fused-ring (bicyclic) bond motifs is 1. The number of carbonyl (C=O) groups excluding carboxylic acids is 1. The Morgan fingerprint density at radius 1 is 1.11 bits per heavy atom. The molecule has 2 aromatic carbocycles. The number of para-hydroxylation sites is 1. The van der Waals surface area contributed by atoms with Crippen LogP contribution in [0.25, 0.3) is 10.9 Å². The monoisotopic (exact) mass is 535 g/mol. The Bertz CT molecular complexity index is 1410. The molecule has 1 amide bonds. The minimum absolute atomic E-state index is 0.0641. The predicted octanol–water partition coefficient (Wildman–Crippen LogP) is 4.38. The molecule has 1 N–H and O–H groups in total. The highest BCUT2D eigenvalue weighted by Crippen LogP contribution is 2.30. The van der Waals surface area contributed by atoms with E-state index in [-0.39, 0.29) is 5.91 Å². The van der Waals surface area contributed by atoms with E-state index in [2.05, 4.69) is 19.6 Å². The molecule has 3 heterocycles. The maximum atomic E-state index is 13.2. The zero-order chi connectivity index (χ0) is 25.8. The van der Waals surface area contributed by atoms with Crippen molar-refractivity contribution in [2.24, 2.45) is 0 Å². The van der Waals surface area contributed by atoms with E-state index in [1.54, 1.807) is 42.9 Å². The number of rotatable bonds is 7. The van der Waals surface area contributed by atoms with Gasteiger partial charge in [-0.15, -0.1) is 0 Å². The highest BCUT2D eigenvalue weighted by Gasteiger charge is 2.24. The Balaban J connectivity index is 1.25. The average Bonchev–Trinajstić information content (AvgIpc) is 2.94. The van der Waals surface area contributed by atoms with Gasteiger partial charge in [-0.25, -0.2) is 0 Å². The molecule has 5 rings (SSSR count). The van der Waals surface area contributed by atoms with Crippen molar-refractivity contribution in [3.8, 4) is 5.75 Å².